The summed E-state index contributed by atoms with van der Waals surface area (Å²) >= 11 is 0. The molecule has 31 heavy (non-hydrogen) atoms. The summed E-state index contributed by atoms with van der Waals surface area (Å²) in [6, 6.07) is 6.36. The first-order valence-corrected chi connectivity index (χ1v) is 11.0. The van der Waals surface area contributed by atoms with Crippen molar-refractivity contribution in [2.24, 2.45) is 5.73 Å². The van der Waals surface area contributed by atoms with Crippen LogP contribution >= 0.6 is 0 Å². The van der Waals surface area contributed by atoms with Gasteiger partial charge < -0.3 is 15.6 Å². The van der Waals surface area contributed by atoms with E-state index in [1.165, 1.54) is 0 Å². The highest BCUT2D eigenvalue weighted by molar-refractivity contribution is 5.88. The molecule has 1 aliphatic carbocycles. The minimum absolute atomic E-state index is 0.191. The Morgan fingerprint density at radius 3 is 2.68 bits per heavy atom. The second kappa shape index (κ2) is 7.60. The zero-order chi connectivity index (χ0) is 21.7. The maximum Gasteiger partial charge on any atom is 0.241 e. The lowest BCUT2D eigenvalue weighted by molar-refractivity contribution is 0.409. The Bertz CT molecular complexity index is 1250. The van der Waals surface area contributed by atoms with Gasteiger partial charge >= 0.3 is 0 Å². The highest BCUT2D eigenvalue weighted by Crippen LogP contribution is 2.32. The van der Waals surface area contributed by atoms with Crippen LogP contribution in [0, 0.1) is 12.7 Å². The van der Waals surface area contributed by atoms with Gasteiger partial charge in [-0.15, -0.1) is 5.10 Å². The highest BCUT2D eigenvalue weighted by Gasteiger charge is 2.20. The molecular formula is C23H28FN7. The standard InChI is InChI=1S/C23H28FN7/c1-13(2)31-14(3)27-22-19(24)10-15(11-20(22)31)18-8-9-30-21(18)12-26-23(29-30)28-17-6-4-16(25)5-7-17/h8-13,16-17H,4-7,25H2,1-3H3,(H,28,29)/t16-,17-. The first kappa shape index (κ1) is 19.9. The first-order chi connectivity index (χ1) is 14.9. The van der Waals surface area contributed by atoms with Gasteiger partial charge in [0.05, 0.1) is 17.2 Å². The zero-order valence-corrected chi connectivity index (χ0v) is 18.1. The zero-order valence-electron chi connectivity index (χ0n) is 18.1. The molecule has 1 saturated carbocycles. The summed E-state index contributed by atoms with van der Waals surface area (Å²) in [6.07, 6.45) is 7.79. The lowest BCUT2D eigenvalue weighted by Gasteiger charge is -2.26. The largest absolute Gasteiger partial charge is 0.350 e. The van der Waals surface area contributed by atoms with Gasteiger partial charge in [0, 0.05) is 29.9 Å². The number of benzene rings is 1. The average molecular weight is 422 g/mol. The molecule has 1 aliphatic rings. The van der Waals surface area contributed by atoms with Crippen LogP contribution in [0.15, 0.2) is 30.6 Å². The van der Waals surface area contributed by atoms with E-state index in [9.17, 15) is 4.39 Å². The van der Waals surface area contributed by atoms with Crippen molar-refractivity contribution in [3.63, 3.8) is 0 Å². The Morgan fingerprint density at radius 1 is 1.16 bits per heavy atom. The Labute approximate surface area is 180 Å². The Morgan fingerprint density at radius 2 is 1.94 bits per heavy atom. The van der Waals surface area contributed by atoms with Crippen molar-refractivity contribution in [1.82, 2.24) is 24.1 Å². The molecule has 3 heterocycles. The summed E-state index contributed by atoms with van der Waals surface area (Å²) in [7, 11) is 0. The van der Waals surface area contributed by atoms with Gasteiger partial charge in [-0.2, -0.15) is 0 Å². The van der Waals surface area contributed by atoms with Crippen LogP contribution in [0.4, 0.5) is 10.3 Å². The van der Waals surface area contributed by atoms with Gasteiger partial charge in [0.15, 0.2) is 5.82 Å². The van der Waals surface area contributed by atoms with E-state index >= 15 is 0 Å². The van der Waals surface area contributed by atoms with Crippen molar-refractivity contribution in [2.45, 2.75) is 64.6 Å². The Kier molecular flexibility index (Phi) is 4.89. The number of aromatic nitrogens is 5. The number of aryl methyl sites for hydroxylation is 1. The predicted molar refractivity (Wildman–Crippen MR) is 121 cm³/mol. The average Bonchev–Trinajstić information content (AvgIpc) is 3.30. The van der Waals surface area contributed by atoms with E-state index in [2.05, 4.69) is 38.8 Å². The summed E-state index contributed by atoms with van der Waals surface area (Å²) in [4.78, 5) is 8.96. The number of nitrogens with one attached hydrogen (secondary N) is 1. The van der Waals surface area contributed by atoms with Crippen molar-refractivity contribution in [3.8, 4) is 11.1 Å². The molecular weight excluding hydrogens is 393 g/mol. The summed E-state index contributed by atoms with van der Waals surface area (Å²) < 4.78 is 18.8. The van der Waals surface area contributed by atoms with E-state index in [4.69, 9.17) is 5.73 Å². The molecule has 1 aromatic carbocycles. The second-order valence-corrected chi connectivity index (χ2v) is 8.85. The molecule has 0 amide bonds. The lowest BCUT2D eigenvalue weighted by Crippen LogP contribution is -2.33. The third-order valence-corrected chi connectivity index (χ3v) is 6.27. The van der Waals surface area contributed by atoms with Gasteiger partial charge in [0.2, 0.25) is 5.95 Å². The molecule has 0 unspecified atom stereocenters. The van der Waals surface area contributed by atoms with Gasteiger partial charge in [0.25, 0.3) is 0 Å². The number of anilines is 1. The maximum atomic E-state index is 14.9. The molecule has 162 valence electrons. The van der Waals surface area contributed by atoms with E-state index in [1.807, 2.05) is 25.3 Å². The monoisotopic (exact) mass is 421 g/mol. The number of halogens is 1. The van der Waals surface area contributed by atoms with Crippen molar-refractivity contribution in [3.05, 3.63) is 42.2 Å². The normalized spacial score (nSPS) is 19.5. The van der Waals surface area contributed by atoms with Crippen LogP contribution in [0.5, 0.6) is 0 Å². The molecule has 0 atom stereocenters. The van der Waals surface area contributed by atoms with Gasteiger partial charge in [-0.05, 0) is 70.2 Å². The SMILES string of the molecule is Cc1nc2c(F)cc(-c3ccn4nc(N[C@H]5CC[C@H](N)CC5)ncc34)cc2n1C(C)C. The highest BCUT2D eigenvalue weighted by atomic mass is 19.1. The molecule has 0 aliphatic heterocycles. The summed E-state index contributed by atoms with van der Waals surface area (Å²) in [5, 5.41) is 8.05. The molecule has 0 saturated heterocycles. The Balaban J connectivity index is 1.50. The molecule has 5 rings (SSSR count). The van der Waals surface area contributed by atoms with Crippen LogP contribution in [0.2, 0.25) is 0 Å². The summed E-state index contributed by atoms with van der Waals surface area (Å²) in [5.41, 5.74) is 9.73. The van der Waals surface area contributed by atoms with E-state index in [1.54, 1.807) is 16.8 Å². The minimum Gasteiger partial charge on any atom is -0.350 e. The smallest absolute Gasteiger partial charge is 0.241 e. The number of rotatable bonds is 4. The summed E-state index contributed by atoms with van der Waals surface area (Å²) in [6.45, 7) is 6.07. The third kappa shape index (κ3) is 3.54. The van der Waals surface area contributed by atoms with Crippen LogP contribution in [0.1, 0.15) is 51.4 Å². The van der Waals surface area contributed by atoms with Crippen LogP contribution in [0.3, 0.4) is 0 Å². The number of nitrogens with zero attached hydrogens (tertiary/aromatic N) is 5. The van der Waals surface area contributed by atoms with Gasteiger partial charge in [-0.25, -0.2) is 18.9 Å². The number of nitrogens with two attached hydrogens (primary N) is 1. The summed E-state index contributed by atoms with van der Waals surface area (Å²) in [5.74, 6) is 1.10. The molecule has 4 aromatic rings. The first-order valence-electron chi connectivity index (χ1n) is 11.0. The van der Waals surface area contributed by atoms with Crippen LogP contribution in [-0.4, -0.2) is 36.2 Å². The third-order valence-electron chi connectivity index (χ3n) is 6.27. The molecule has 3 N–H and O–H groups in total. The quantitative estimate of drug-likeness (QED) is 0.508. The molecule has 0 radical (unpaired) electrons. The van der Waals surface area contributed by atoms with Crippen LogP contribution < -0.4 is 11.1 Å². The van der Waals surface area contributed by atoms with Crippen molar-refractivity contribution in [2.75, 3.05) is 5.32 Å². The lowest BCUT2D eigenvalue weighted by atomic mass is 9.92. The predicted octanol–water partition coefficient (Wildman–Crippen LogP) is 4.46. The Hall–Kier alpha value is -3.00. The van der Waals surface area contributed by atoms with Gasteiger partial charge in [-0.3, -0.25) is 0 Å². The molecule has 1 fully saturated rings. The van der Waals surface area contributed by atoms with Crippen molar-refractivity contribution in [1.29, 1.82) is 0 Å². The number of hydrogen-bond donors (Lipinski definition) is 2. The number of imidazole rings is 1. The molecule has 0 bridgehead atoms. The fourth-order valence-corrected chi connectivity index (χ4v) is 4.73. The maximum absolute atomic E-state index is 14.9. The van der Waals surface area contributed by atoms with Gasteiger partial charge in [-0.1, -0.05) is 0 Å². The van der Waals surface area contributed by atoms with Crippen molar-refractivity contribution < 1.29 is 4.39 Å². The van der Waals surface area contributed by atoms with Crippen LogP contribution in [0.25, 0.3) is 27.7 Å². The topological polar surface area (TPSA) is 86.1 Å². The van der Waals surface area contributed by atoms with E-state index < -0.39 is 0 Å². The van der Waals surface area contributed by atoms with Crippen LogP contribution in [-0.2, 0) is 0 Å². The minimum atomic E-state index is -0.316. The van der Waals surface area contributed by atoms with Crippen molar-refractivity contribution >= 4 is 22.5 Å². The molecule has 3 aromatic heterocycles. The fraction of sp³-hybridized carbons (Fsp3) is 0.435. The second-order valence-electron chi connectivity index (χ2n) is 8.85. The van der Waals surface area contributed by atoms with E-state index in [0.29, 0.717) is 23.5 Å². The van der Waals surface area contributed by atoms with E-state index in [-0.39, 0.29) is 11.9 Å². The van der Waals surface area contributed by atoms with Gasteiger partial charge in [0.1, 0.15) is 11.3 Å². The molecule has 8 heteroatoms. The van der Waals surface area contributed by atoms with E-state index in [0.717, 1.165) is 53.7 Å². The fourth-order valence-electron chi connectivity index (χ4n) is 4.73. The molecule has 0 spiro atoms. The molecule has 7 nitrogen and oxygen atoms in total. The number of fused-ring (bicyclic) bond motifs is 2. The number of hydrogen-bond acceptors (Lipinski definition) is 5.